The van der Waals surface area contributed by atoms with Crippen LogP contribution < -0.4 is 25.7 Å². The summed E-state index contributed by atoms with van der Waals surface area (Å²) in [5, 5.41) is 14.0. The number of methoxy groups -OCH3 is 2. The van der Waals surface area contributed by atoms with Crippen LogP contribution in [0, 0.1) is 5.92 Å². The van der Waals surface area contributed by atoms with Gasteiger partial charge in [-0.05, 0) is 88.2 Å². The van der Waals surface area contributed by atoms with Crippen molar-refractivity contribution >= 4 is 22.7 Å². The summed E-state index contributed by atoms with van der Waals surface area (Å²) in [4.78, 5) is 45.2. The number of carbonyl (C=O) groups excluding carboxylic acids is 2. The van der Waals surface area contributed by atoms with Crippen molar-refractivity contribution in [2.45, 2.75) is 64.1 Å². The average Bonchev–Trinajstić information content (AvgIpc) is 3.66. The molecule has 1 unspecified atom stereocenters. The Balaban J connectivity index is 0.916. The highest BCUT2D eigenvalue weighted by Gasteiger charge is 2.31. The molecule has 2 amide bonds. The number of H-pyrrole nitrogens is 1. The number of rotatable bonds is 10. The topological polar surface area (TPSA) is 137 Å². The zero-order valence-corrected chi connectivity index (χ0v) is 31.4. The van der Waals surface area contributed by atoms with E-state index in [2.05, 4.69) is 56.3 Å². The molecule has 1 aliphatic carbocycles. The van der Waals surface area contributed by atoms with Crippen LogP contribution in [-0.2, 0) is 23.2 Å². The number of aromatic nitrogens is 3. The largest absolute Gasteiger partial charge is 0.496 e. The van der Waals surface area contributed by atoms with Crippen LogP contribution >= 0.6 is 0 Å². The fourth-order valence-corrected chi connectivity index (χ4v) is 8.34. The molecule has 4 aliphatic rings. The molecule has 2 atom stereocenters. The zero-order chi connectivity index (χ0) is 37.2. The highest BCUT2D eigenvalue weighted by atomic mass is 16.5. The highest BCUT2D eigenvalue weighted by Crippen LogP contribution is 2.38. The van der Waals surface area contributed by atoms with Gasteiger partial charge in [-0.3, -0.25) is 29.3 Å². The third-order valence-corrected chi connectivity index (χ3v) is 11.5. The molecule has 0 bridgehead atoms. The number of ether oxygens (including phenoxy) is 2. The number of pyridine rings is 1. The smallest absolute Gasteiger partial charge is 0.276 e. The molecule has 2 aromatic heterocycles. The van der Waals surface area contributed by atoms with Crippen molar-refractivity contribution in [1.29, 1.82) is 0 Å². The fraction of sp³-hybridized carbons (Fsp3) is 0.500. The molecule has 0 spiro atoms. The lowest BCUT2D eigenvalue weighted by atomic mass is 9.84. The third-order valence-electron chi connectivity index (χ3n) is 11.5. The van der Waals surface area contributed by atoms with Crippen LogP contribution in [0.4, 0.5) is 0 Å². The van der Waals surface area contributed by atoms with Crippen LogP contribution in [-0.4, -0.2) is 107 Å². The SMILES string of the molecule is C=C1CCC(NC2=CC=C(C3CCN(CC(=O)N4CCN(Cc5c(OC)cc(-c6cn(C)c(=O)c7[nH]ncc67)cc5OC)[C@H](C)C4)CC3)CC2)C(=O)N1. The number of benzene rings is 1. The van der Waals surface area contributed by atoms with Gasteiger partial charge < -0.3 is 29.6 Å². The van der Waals surface area contributed by atoms with E-state index in [0.717, 1.165) is 91.6 Å². The van der Waals surface area contributed by atoms with Crippen LogP contribution in [0.25, 0.3) is 22.0 Å². The molecule has 282 valence electrons. The van der Waals surface area contributed by atoms with Crippen LogP contribution in [0.5, 0.6) is 11.5 Å². The van der Waals surface area contributed by atoms with E-state index in [1.54, 1.807) is 32.0 Å². The van der Waals surface area contributed by atoms with Crippen molar-refractivity contribution in [3.8, 4) is 22.6 Å². The lowest BCUT2D eigenvalue weighted by Crippen LogP contribution is -2.55. The van der Waals surface area contributed by atoms with Gasteiger partial charge in [-0.2, -0.15) is 5.10 Å². The number of piperazine rings is 1. The summed E-state index contributed by atoms with van der Waals surface area (Å²) in [6.45, 7) is 11.1. The molecule has 3 fully saturated rings. The first-order valence-corrected chi connectivity index (χ1v) is 18.8. The first kappa shape index (κ1) is 36.5. The molecule has 1 aromatic carbocycles. The molecule has 0 saturated carbocycles. The van der Waals surface area contributed by atoms with Crippen molar-refractivity contribution in [2.75, 3.05) is 53.5 Å². The lowest BCUT2D eigenvalue weighted by molar-refractivity contribution is -0.135. The average molecular weight is 725 g/mol. The van der Waals surface area contributed by atoms with Crippen LogP contribution in [0.1, 0.15) is 51.0 Å². The van der Waals surface area contributed by atoms with E-state index in [1.165, 1.54) is 5.57 Å². The molecule has 13 nitrogen and oxygen atoms in total. The maximum atomic E-state index is 13.5. The number of amides is 2. The van der Waals surface area contributed by atoms with E-state index < -0.39 is 0 Å². The Morgan fingerprint density at radius 3 is 2.43 bits per heavy atom. The van der Waals surface area contributed by atoms with Gasteiger partial charge >= 0.3 is 0 Å². The highest BCUT2D eigenvalue weighted by molar-refractivity contribution is 5.94. The molecule has 3 aliphatic heterocycles. The second-order valence-electron chi connectivity index (χ2n) is 14.9. The summed E-state index contributed by atoms with van der Waals surface area (Å²) in [7, 11) is 5.05. The molecule has 53 heavy (non-hydrogen) atoms. The molecule has 7 rings (SSSR count). The molecule has 3 aromatic rings. The summed E-state index contributed by atoms with van der Waals surface area (Å²) in [5.74, 6) is 2.16. The van der Waals surface area contributed by atoms with Crippen molar-refractivity contribution in [2.24, 2.45) is 13.0 Å². The summed E-state index contributed by atoms with van der Waals surface area (Å²) in [5.41, 5.74) is 6.40. The Hall–Kier alpha value is -4.88. The van der Waals surface area contributed by atoms with E-state index in [1.807, 2.05) is 23.2 Å². The summed E-state index contributed by atoms with van der Waals surface area (Å²) >= 11 is 0. The standard InChI is InChI=1S/C40H52N8O5/c1-25-6-11-34(39(50)42-25)43-30-9-7-27(8-10-30)28-12-14-46(15-13-28)24-37(49)48-17-16-47(26(2)21-48)23-33-35(52-4)18-29(19-36(33)53-5)32-22-45(3)40(51)38-31(32)20-41-44-38/h7,9,18-20,22,26,28,34,43H,1,6,8,10-17,21,23-24H2,2-5H3,(H,41,44)(H,42,50)/t26-,34?/m1/s1. The predicted molar refractivity (Wildman–Crippen MR) is 204 cm³/mol. The van der Waals surface area contributed by atoms with Crippen molar-refractivity contribution in [3.05, 3.63) is 76.1 Å². The number of aromatic amines is 1. The maximum Gasteiger partial charge on any atom is 0.276 e. The van der Waals surface area contributed by atoms with Gasteiger partial charge in [-0.15, -0.1) is 0 Å². The number of hydrogen-bond acceptors (Lipinski definition) is 9. The van der Waals surface area contributed by atoms with Gasteiger partial charge in [0.2, 0.25) is 11.8 Å². The number of piperidine rings is 2. The molecule has 0 radical (unpaired) electrons. The van der Waals surface area contributed by atoms with E-state index in [9.17, 15) is 14.4 Å². The second kappa shape index (κ2) is 15.6. The van der Waals surface area contributed by atoms with Gasteiger partial charge in [0.15, 0.2) is 0 Å². The quantitative estimate of drug-likeness (QED) is 0.286. The molecule has 3 N–H and O–H groups in total. The second-order valence-corrected chi connectivity index (χ2v) is 14.9. The molecule has 3 saturated heterocycles. The lowest BCUT2D eigenvalue weighted by Gasteiger charge is -2.41. The Morgan fingerprint density at radius 2 is 1.77 bits per heavy atom. The predicted octanol–water partition coefficient (Wildman–Crippen LogP) is 3.68. The molecule has 13 heteroatoms. The van der Waals surface area contributed by atoms with E-state index in [4.69, 9.17) is 9.47 Å². The van der Waals surface area contributed by atoms with Gasteiger partial charge in [-0.25, -0.2) is 0 Å². The van der Waals surface area contributed by atoms with Gasteiger partial charge in [0.25, 0.3) is 5.56 Å². The van der Waals surface area contributed by atoms with Crippen molar-refractivity contribution in [3.63, 3.8) is 0 Å². The number of likely N-dealkylation sites (tertiary alicyclic amines) is 1. The summed E-state index contributed by atoms with van der Waals surface area (Å²) in [6.07, 6.45) is 13.5. The van der Waals surface area contributed by atoms with Gasteiger partial charge in [-0.1, -0.05) is 18.2 Å². The zero-order valence-electron chi connectivity index (χ0n) is 31.4. The minimum absolute atomic E-state index is 0.00997. The number of nitrogens with one attached hydrogen (secondary N) is 3. The van der Waals surface area contributed by atoms with E-state index in [0.29, 0.717) is 49.1 Å². The van der Waals surface area contributed by atoms with Crippen LogP contribution in [0.2, 0.25) is 0 Å². The number of carbonyl (C=O) groups is 2. The van der Waals surface area contributed by atoms with Crippen LogP contribution in [0.15, 0.2) is 65.0 Å². The molecular formula is C40H52N8O5. The van der Waals surface area contributed by atoms with Gasteiger partial charge in [0.05, 0.1) is 32.5 Å². The Bertz CT molecular complexity index is 1980. The fourth-order valence-electron chi connectivity index (χ4n) is 8.34. The minimum atomic E-state index is -0.187. The molecule has 5 heterocycles. The number of nitrogens with zero attached hydrogens (tertiary/aromatic N) is 5. The first-order chi connectivity index (χ1) is 25.6. The Labute approximate surface area is 310 Å². The minimum Gasteiger partial charge on any atom is -0.496 e. The summed E-state index contributed by atoms with van der Waals surface area (Å²) in [6, 6.07) is 3.95. The Morgan fingerprint density at radius 1 is 1.02 bits per heavy atom. The summed E-state index contributed by atoms with van der Waals surface area (Å²) < 4.78 is 13.4. The van der Waals surface area contributed by atoms with Gasteiger partial charge in [0, 0.05) is 67.8 Å². The van der Waals surface area contributed by atoms with Crippen molar-refractivity contribution in [1.82, 2.24) is 40.1 Å². The number of fused-ring (bicyclic) bond motifs is 1. The third kappa shape index (κ3) is 7.77. The number of hydrogen-bond donors (Lipinski definition) is 3. The monoisotopic (exact) mass is 724 g/mol. The number of allylic oxidation sites excluding steroid dienone is 5. The first-order valence-electron chi connectivity index (χ1n) is 18.8. The molecular weight excluding hydrogens is 672 g/mol. The van der Waals surface area contributed by atoms with E-state index in [-0.39, 0.29) is 29.5 Å². The van der Waals surface area contributed by atoms with Gasteiger partial charge in [0.1, 0.15) is 23.1 Å². The number of aryl methyl sites for hydroxylation is 1. The maximum absolute atomic E-state index is 13.5. The Kier molecular flexibility index (Phi) is 10.7. The normalized spacial score (nSPS) is 22.0. The van der Waals surface area contributed by atoms with E-state index >= 15 is 0 Å². The van der Waals surface area contributed by atoms with Crippen LogP contribution in [0.3, 0.4) is 0 Å². The van der Waals surface area contributed by atoms with Crippen molar-refractivity contribution < 1.29 is 19.1 Å².